The van der Waals surface area contributed by atoms with Crippen molar-refractivity contribution in [2.24, 2.45) is 4.99 Å². The van der Waals surface area contributed by atoms with Gasteiger partial charge in [-0.05, 0) is 28.7 Å². The first-order chi connectivity index (χ1) is 3.79. The highest BCUT2D eigenvalue weighted by Crippen LogP contribution is 2.13. The van der Waals surface area contributed by atoms with Gasteiger partial charge in [-0.3, -0.25) is 4.79 Å². The molecule has 0 aliphatic carbocycles. The minimum Gasteiger partial charge on any atom is -0.272 e. The summed E-state index contributed by atoms with van der Waals surface area (Å²) in [6.07, 6.45) is 3.85. The second-order valence-corrected chi connectivity index (χ2v) is 2.85. The van der Waals surface area contributed by atoms with Crippen molar-refractivity contribution in [3.63, 3.8) is 0 Å². The molecule has 0 aromatic heterocycles. The van der Waals surface area contributed by atoms with Gasteiger partial charge in [0.25, 0.3) is 5.91 Å². The van der Waals surface area contributed by atoms with Crippen LogP contribution in [0.5, 0.6) is 0 Å². The number of amides is 1. The number of carbonyl (C=O) groups excluding carboxylic acids is 1. The van der Waals surface area contributed by atoms with Crippen LogP contribution in [0.4, 0.5) is 0 Å². The molecule has 0 aromatic carbocycles. The zero-order valence-corrected chi connectivity index (χ0v) is 6.25. The van der Waals surface area contributed by atoms with Crippen LogP contribution in [0.3, 0.4) is 0 Å². The van der Waals surface area contributed by atoms with Crippen LogP contribution >= 0.6 is 22.6 Å². The number of rotatable bonds is 0. The van der Waals surface area contributed by atoms with E-state index in [1.807, 2.05) is 6.08 Å². The summed E-state index contributed by atoms with van der Waals surface area (Å²) in [6.45, 7) is 0. The normalized spacial score (nSPS) is 18.6. The Kier molecular flexibility index (Phi) is 1.77. The van der Waals surface area contributed by atoms with Gasteiger partial charge in [0.15, 0.2) is 0 Å². The fraction of sp³-hybridized carbons (Fsp3) is 0.200. The highest BCUT2D eigenvalue weighted by molar-refractivity contribution is 14.1. The van der Waals surface area contributed by atoms with Crippen LogP contribution < -0.4 is 0 Å². The van der Waals surface area contributed by atoms with Crippen LogP contribution in [0, 0.1) is 0 Å². The number of aliphatic imine (C=N–C) groups is 1. The largest absolute Gasteiger partial charge is 0.272 e. The van der Waals surface area contributed by atoms with Gasteiger partial charge in [-0.25, -0.2) is 4.99 Å². The monoisotopic (exact) mass is 221 g/mol. The van der Waals surface area contributed by atoms with Crippen molar-refractivity contribution in [2.75, 3.05) is 0 Å². The Morgan fingerprint density at radius 1 is 1.75 bits per heavy atom. The van der Waals surface area contributed by atoms with Gasteiger partial charge in [0.05, 0.1) is 6.42 Å². The lowest BCUT2D eigenvalue weighted by Gasteiger charge is -1.95. The van der Waals surface area contributed by atoms with Crippen LogP contribution in [-0.4, -0.2) is 12.1 Å². The fourth-order valence-corrected chi connectivity index (χ4v) is 0.937. The number of halogens is 1. The number of dihydropyridines is 1. The number of hydrogen-bond donors (Lipinski definition) is 0. The molecule has 8 heavy (non-hydrogen) atoms. The summed E-state index contributed by atoms with van der Waals surface area (Å²) in [7, 11) is 0. The van der Waals surface area contributed by atoms with Crippen LogP contribution in [0.15, 0.2) is 14.6 Å². The van der Waals surface area contributed by atoms with E-state index in [4.69, 9.17) is 0 Å². The smallest absolute Gasteiger partial charge is 0.250 e. The van der Waals surface area contributed by atoms with Gasteiger partial charge < -0.3 is 0 Å². The standard InChI is InChI=1S/C5H4INO/c6-4-1-2-7-5(8)3-4/h1-2H,3H2. The van der Waals surface area contributed by atoms with Crippen molar-refractivity contribution >= 4 is 34.7 Å². The molecule has 0 bridgehead atoms. The summed E-state index contributed by atoms with van der Waals surface area (Å²) in [5, 5.41) is 0. The average Bonchev–Trinajstić information content (AvgIpc) is 1.64. The minimum absolute atomic E-state index is 0.0445. The maximum absolute atomic E-state index is 10.4. The van der Waals surface area contributed by atoms with Gasteiger partial charge in [-0.15, -0.1) is 0 Å². The Balaban J connectivity index is 2.73. The fourth-order valence-electron chi connectivity index (χ4n) is 0.450. The van der Waals surface area contributed by atoms with Crippen molar-refractivity contribution in [1.29, 1.82) is 0 Å². The van der Waals surface area contributed by atoms with E-state index >= 15 is 0 Å². The molecular weight excluding hydrogens is 217 g/mol. The molecule has 0 unspecified atom stereocenters. The molecule has 42 valence electrons. The van der Waals surface area contributed by atoms with Crippen molar-refractivity contribution in [2.45, 2.75) is 6.42 Å². The predicted octanol–water partition coefficient (Wildman–Crippen LogP) is 1.31. The lowest BCUT2D eigenvalue weighted by molar-refractivity contribution is -0.117. The van der Waals surface area contributed by atoms with Crippen molar-refractivity contribution in [3.8, 4) is 0 Å². The van der Waals surface area contributed by atoms with Gasteiger partial charge in [0, 0.05) is 9.79 Å². The first-order valence-corrected chi connectivity index (χ1v) is 3.28. The second kappa shape index (κ2) is 2.39. The topological polar surface area (TPSA) is 29.4 Å². The highest BCUT2D eigenvalue weighted by Gasteiger charge is 2.02. The Labute approximate surface area is 60.8 Å². The third kappa shape index (κ3) is 1.40. The van der Waals surface area contributed by atoms with E-state index in [-0.39, 0.29) is 5.91 Å². The predicted molar refractivity (Wildman–Crippen MR) is 40.2 cm³/mol. The van der Waals surface area contributed by atoms with E-state index in [0.717, 1.165) is 3.58 Å². The summed E-state index contributed by atoms with van der Waals surface area (Å²) >= 11 is 2.12. The minimum atomic E-state index is -0.0445. The van der Waals surface area contributed by atoms with Gasteiger partial charge in [0.2, 0.25) is 0 Å². The van der Waals surface area contributed by atoms with E-state index in [2.05, 4.69) is 27.6 Å². The molecule has 1 heterocycles. The molecule has 2 nitrogen and oxygen atoms in total. The summed E-state index contributed by atoms with van der Waals surface area (Å²) in [5.74, 6) is -0.0445. The van der Waals surface area contributed by atoms with Crippen LogP contribution in [0.25, 0.3) is 0 Å². The second-order valence-electron chi connectivity index (χ2n) is 1.46. The quantitative estimate of drug-likeness (QED) is 0.567. The van der Waals surface area contributed by atoms with Crippen molar-refractivity contribution in [3.05, 3.63) is 9.66 Å². The molecule has 1 rings (SSSR count). The van der Waals surface area contributed by atoms with Crippen LogP contribution in [0.2, 0.25) is 0 Å². The zero-order chi connectivity index (χ0) is 5.98. The molecule has 1 aliphatic heterocycles. The first-order valence-electron chi connectivity index (χ1n) is 2.20. The number of carbonyl (C=O) groups is 1. The number of allylic oxidation sites excluding steroid dienone is 1. The van der Waals surface area contributed by atoms with E-state index in [9.17, 15) is 4.79 Å². The zero-order valence-electron chi connectivity index (χ0n) is 4.10. The molecule has 0 spiro atoms. The van der Waals surface area contributed by atoms with Crippen molar-refractivity contribution in [1.82, 2.24) is 0 Å². The summed E-state index contributed by atoms with van der Waals surface area (Å²) in [5.41, 5.74) is 0. The molecule has 0 aromatic rings. The number of nitrogens with zero attached hydrogens (tertiary/aromatic N) is 1. The van der Waals surface area contributed by atoms with Gasteiger partial charge >= 0.3 is 0 Å². The average molecular weight is 221 g/mol. The third-order valence-corrected chi connectivity index (χ3v) is 1.53. The van der Waals surface area contributed by atoms with Crippen LogP contribution in [-0.2, 0) is 4.79 Å². The molecule has 1 amide bonds. The molecule has 3 heteroatoms. The summed E-state index contributed by atoms with van der Waals surface area (Å²) in [4.78, 5) is 14.0. The van der Waals surface area contributed by atoms with E-state index < -0.39 is 0 Å². The highest BCUT2D eigenvalue weighted by atomic mass is 127. The molecule has 0 radical (unpaired) electrons. The van der Waals surface area contributed by atoms with Crippen LogP contribution in [0.1, 0.15) is 6.42 Å². The molecule has 0 saturated heterocycles. The summed E-state index contributed by atoms with van der Waals surface area (Å²) < 4.78 is 1.06. The molecule has 0 fully saturated rings. The first kappa shape index (κ1) is 5.94. The lowest BCUT2D eigenvalue weighted by atomic mass is 10.3. The van der Waals surface area contributed by atoms with E-state index in [1.165, 1.54) is 6.21 Å². The molecule has 0 saturated carbocycles. The molecular formula is C5H4INO. The van der Waals surface area contributed by atoms with Gasteiger partial charge in [-0.2, -0.15) is 0 Å². The Bertz CT molecular complexity index is 171. The maximum Gasteiger partial charge on any atom is 0.250 e. The van der Waals surface area contributed by atoms with Gasteiger partial charge in [0.1, 0.15) is 0 Å². The molecule has 0 atom stereocenters. The lowest BCUT2D eigenvalue weighted by Crippen LogP contribution is -1.96. The Hall–Kier alpha value is -0.190. The van der Waals surface area contributed by atoms with E-state index in [0.29, 0.717) is 6.42 Å². The Morgan fingerprint density at radius 2 is 2.50 bits per heavy atom. The number of hydrogen-bond acceptors (Lipinski definition) is 1. The molecule has 0 N–H and O–H groups in total. The van der Waals surface area contributed by atoms with E-state index in [1.54, 1.807) is 0 Å². The van der Waals surface area contributed by atoms with Crippen molar-refractivity contribution < 1.29 is 4.79 Å². The Morgan fingerprint density at radius 3 is 2.88 bits per heavy atom. The molecule has 1 aliphatic rings. The summed E-state index contributed by atoms with van der Waals surface area (Å²) in [6, 6.07) is 0. The maximum atomic E-state index is 10.4. The third-order valence-electron chi connectivity index (χ3n) is 0.794. The van der Waals surface area contributed by atoms with Gasteiger partial charge in [-0.1, -0.05) is 0 Å². The SMILES string of the molecule is O=C1CC(I)=CC=N1.